The molecule has 0 bridgehead atoms. The number of aliphatic hydroxyl groups excluding tert-OH is 1. The smallest absolute Gasteiger partial charge is 0.0879 e. The minimum atomic E-state index is -0.781. The van der Waals surface area contributed by atoms with Crippen molar-refractivity contribution in [2.45, 2.75) is 38.7 Å². The molecule has 2 unspecified atom stereocenters. The van der Waals surface area contributed by atoms with Crippen molar-refractivity contribution in [2.24, 2.45) is 5.92 Å². The zero-order valence-electron chi connectivity index (χ0n) is 8.58. The lowest BCUT2D eigenvalue weighted by atomic mass is 9.95. The van der Waals surface area contributed by atoms with Gasteiger partial charge in [-0.25, -0.2) is 0 Å². The van der Waals surface area contributed by atoms with Gasteiger partial charge in [-0.15, -0.1) is 6.58 Å². The van der Waals surface area contributed by atoms with Crippen LogP contribution in [0.15, 0.2) is 25.0 Å². The van der Waals surface area contributed by atoms with Gasteiger partial charge in [0.05, 0.1) is 11.4 Å². The zero-order valence-corrected chi connectivity index (χ0v) is 8.58. The topological polar surface area (TPSA) is 40.5 Å². The van der Waals surface area contributed by atoms with E-state index in [-0.39, 0.29) is 11.7 Å². The van der Waals surface area contributed by atoms with Crippen LogP contribution < -0.4 is 0 Å². The third-order valence-electron chi connectivity index (χ3n) is 2.33. The van der Waals surface area contributed by atoms with Gasteiger partial charge in [0.2, 0.25) is 0 Å². The number of aliphatic hydroxyl groups is 2. The van der Waals surface area contributed by atoms with Crippen LogP contribution in [-0.4, -0.2) is 15.8 Å². The molecule has 0 aromatic heterocycles. The predicted octanol–water partition coefficient (Wildman–Crippen LogP) is 2.80. The summed E-state index contributed by atoms with van der Waals surface area (Å²) in [5.74, 6) is 0.332. The first-order valence-corrected chi connectivity index (χ1v) is 4.63. The molecule has 0 amide bonds. The number of hydrogen-bond donors (Lipinski definition) is 2. The molecule has 0 rings (SSSR count). The van der Waals surface area contributed by atoms with Gasteiger partial charge in [0.25, 0.3) is 0 Å². The van der Waals surface area contributed by atoms with E-state index in [2.05, 4.69) is 13.2 Å². The summed E-state index contributed by atoms with van der Waals surface area (Å²) in [4.78, 5) is 0. The van der Waals surface area contributed by atoms with E-state index in [4.69, 9.17) is 5.11 Å². The van der Waals surface area contributed by atoms with Crippen molar-refractivity contribution in [3.63, 3.8) is 0 Å². The molecular weight excluding hydrogens is 164 g/mol. The van der Waals surface area contributed by atoms with Gasteiger partial charge in [0.15, 0.2) is 0 Å². The van der Waals surface area contributed by atoms with E-state index in [1.165, 1.54) is 0 Å². The van der Waals surface area contributed by atoms with Gasteiger partial charge in [-0.2, -0.15) is 0 Å². The minimum absolute atomic E-state index is 0.112. The van der Waals surface area contributed by atoms with Crippen molar-refractivity contribution in [2.75, 3.05) is 0 Å². The van der Waals surface area contributed by atoms with Crippen molar-refractivity contribution in [1.82, 2.24) is 0 Å². The summed E-state index contributed by atoms with van der Waals surface area (Å²) in [6.07, 6.45) is 3.93. The van der Waals surface area contributed by atoms with Crippen molar-refractivity contribution >= 4 is 0 Å². The maximum atomic E-state index is 9.57. The third-order valence-corrected chi connectivity index (χ3v) is 2.33. The van der Waals surface area contributed by atoms with Crippen LogP contribution in [0.2, 0.25) is 0 Å². The Kier molecular flexibility index (Phi) is 4.78. The standard InChI is InChI=1S/C11H20O2/c1-5-11(4,13)8-6-7-9(2)10(3)12/h5,9,12-13H,1,3,6-8H2,2,4H3. The second-order valence-corrected chi connectivity index (χ2v) is 3.85. The lowest BCUT2D eigenvalue weighted by molar-refractivity contribution is 0.0974. The summed E-state index contributed by atoms with van der Waals surface area (Å²) in [6.45, 7) is 10.7. The van der Waals surface area contributed by atoms with Crippen molar-refractivity contribution in [3.05, 3.63) is 25.0 Å². The molecule has 13 heavy (non-hydrogen) atoms. The first kappa shape index (κ1) is 12.2. The molecule has 0 heterocycles. The molecular formula is C11H20O2. The highest BCUT2D eigenvalue weighted by Gasteiger charge is 2.15. The van der Waals surface area contributed by atoms with Crippen LogP contribution in [0.1, 0.15) is 33.1 Å². The van der Waals surface area contributed by atoms with Gasteiger partial charge >= 0.3 is 0 Å². The maximum absolute atomic E-state index is 9.57. The van der Waals surface area contributed by atoms with Crippen LogP contribution in [0.4, 0.5) is 0 Å². The molecule has 0 radical (unpaired) electrons. The summed E-state index contributed by atoms with van der Waals surface area (Å²) in [5, 5.41) is 18.6. The molecule has 76 valence electrons. The maximum Gasteiger partial charge on any atom is 0.0879 e. The fourth-order valence-electron chi connectivity index (χ4n) is 1.03. The van der Waals surface area contributed by atoms with Crippen LogP contribution in [0.25, 0.3) is 0 Å². The van der Waals surface area contributed by atoms with Gasteiger partial charge < -0.3 is 10.2 Å². The van der Waals surface area contributed by atoms with E-state index >= 15 is 0 Å². The molecule has 0 saturated carbocycles. The molecule has 0 aliphatic heterocycles. The molecule has 2 heteroatoms. The molecule has 2 atom stereocenters. The van der Waals surface area contributed by atoms with Gasteiger partial charge in [-0.3, -0.25) is 0 Å². The summed E-state index contributed by atoms with van der Waals surface area (Å²) < 4.78 is 0. The van der Waals surface area contributed by atoms with E-state index in [9.17, 15) is 5.11 Å². The molecule has 0 spiro atoms. The zero-order chi connectivity index (χ0) is 10.5. The Bertz CT molecular complexity index is 183. The third kappa shape index (κ3) is 5.47. The normalized spacial score (nSPS) is 17.5. The summed E-state index contributed by atoms with van der Waals surface area (Å²) >= 11 is 0. The largest absolute Gasteiger partial charge is 0.513 e. The SMILES string of the molecule is C=CC(C)(O)CCCC(C)C(=C)O. The molecule has 0 saturated heterocycles. The van der Waals surface area contributed by atoms with E-state index in [0.717, 1.165) is 12.8 Å². The van der Waals surface area contributed by atoms with Crippen LogP contribution in [0.5, 0.6) is 0 Å². The first-order chi connectivity index (χ1) is 5.89. The summed E-state index contributed by atoms with van der Waals surface area (Å²) in [7, 11) is 0. The molecule has 0 fully saturated rings. The molecule has 0 aliphatic carbocycles. The second-order valence-electron chi connectivity index (χ2n) is 3.85. The number of rotatable bonds is 6. The van der Waals surface area contributed by atoms with Gasteiger partial charge in [-0.1, -0.05) is 19.6 Å². The van der Waals surface area contributed by atoms with E-state index in [1.807, 2.05) is 6.92 Å². The number of hydrogen-bond acceptors (Lipinski definition) is 2. The van der Waals surface area contributed by atoms with Crippen LogP contribution in [0, 0.1) is 5.92 Å². The van der Waals surface area contributed by atoms with Crippen molar-refractivity contribution in [1.29, 1.82) is 0 Å². The monoisotopic (exact) mass is 184 g/mol. The predicted molar refractivity (Wildman–Crippen MR) is 55.6 cm³/mol. The average Bonchev–Trinajstić information content (AvgIpc) is 2.04. The fraction of sp³-hybridized carbons (Fsp3) is 0.636. The Morgan fingerprint density at radius 2 is 2.15 bits per heavy atom. The van der Waals surface area contributed by atoms with Crippen molar-refractivity contribution in [3.8, 4) is 0 Å². The highest BCUT2D eigenvalue weighted by molar-refractivity contribution is 4.92. The van der Waals surface area contributed by atoms with Gasteiger partial charge in [-0.05, 0) is 26.2 Å². The van der Waals surface area contributed by atoms with Crippen LogP contribution in [0.3, 0.4) is 0 Å². The molecule has 0 aromatic carbocycles. The lowest BCUT2D eigenvalue weighted by Crippen LogP contribution is -2.20. The number of allylic oxidation sites excluding steroid dienone is 1. The lowest BCUT2D eigenvalue weighted by Gasteiger charge is -2.19. The Morgan fingerprint density at radius 3 is 2.54 bits per heavy atom. The molecule has 2 N–H and O–H groups in total. The Labute approximate surface area is 80.6 Å². The Hall–Kier alpha value is -0.760. The van der Waals surface area contributed by atoms with E-state index < -0.39 is 5.60 Å². The Balaban J connectivity index is 3.68. The summed E-state index contributed by atoms with van der Waals surface area (Å²) in [5.41, 5.74) is -0.781. The quantitative estimate of drug-likeness (QED) is 0.492. The molecule has 2 nitrogen and oxygen atoms in total. The van der Waals surface area contributed by atoms with Crippen LogP contribution >= 0.6 is 0 Å². The van der Waals surface area contributed by atoms with Crippen molar-refractivity contribution < 1.29 is 10.2 Å². The molecule has 0 aliphatic rings. The Morgan fingerprint density at radius 1 is 1.62 bits per heavy atom. The van der Waals surface area contributed by atoms with E-state index in [1.54, 1.807) is 13.0 Å². The van der Waals surface area contributed by atoms with Crippen LogP contribution in [-0.2, 0) is 0 Å². The van der Waals surface area contributed by atoms with Gasteiger partial charge in [0, 0.05) is 5.92 Å². The van der Waals surface area contributed by atoms with E-state index in [0.29, 0.717) is 6.42 Å². The second kappa shape index (κ2) is 5.07. The average molecular weight is 184 g/mol. The van der Waals surface area contributed by atoms with Gasteiger partial charge in [0.1, 0.15) is 0 Å². The minimum Gasteiger partial charge on any atom is -0.513 e. The highest BCUT2D eigenvalue weighted by atomic mass is 16.3. The fourth-order valence-corrected chi connectivity index (χ4v) is 1.03. The highest BCUT2D eigenvalue weighted by Crippen LogP contribution is 2.19. The molecule has 0 aromatic rings. The summed E-state index contributed by atoms with van der Waals surface area (Å²) in [6, 6.07) is 0. The first-order valence-electron chi connectivity index (χ1n) is 4.63.